The molecule has 0 aliphatic rings. The Morgan fingerprint density at radius 2 is 2.00 bits per heavy atom. The van der Waals surface area contributed by atoms with Gasteiger partial charge in [0.1, 0.15) is 5.82 Å². The summed E-state index contributed by atoms with van der Waals surface area (Å²) in [7, 11) is 0. The second-order valence-corrected chi connectivity index (χ2v) is 5.48. The van der Waals surface area contributed by atoms with Crippen LogP contribution in [-0.4, -0.2) is 11.5 Å². The number of thioether (sulfide) groups is 1. The lowest BCUT2D eigenvalue weighted by Crippen LogP contribution is -2.01. The minimum atomic E-state index is -0.851. The fraction of sp³-hybridized carbons (Fsp3) is 0.214. The van der Waals surface area contributed by atoms with Gasteiger partial charge in [-0.25, -0.2) is 13.8 Å². The standard InChI is InChI=1S/C14H13ClF2N2S/c1-2-18-14-6-4-10(15)13(19-14)8-20-9-3-5-11(16)12(17)7-9/h3-7H,2,8H2,1H3,(H,18,19). The van der Waals surface area contributed by atoms with Crippen molar-refractivity contribution in [1.29, 1.82) is 0 Å². The zero-order valence-electron chi connectivity index (χ0n) is 10.8. The van der Waals surface area contributed by atoms with E-state index < -0.39 is 11.6 Å². The normalized spacial score (nSPS) is 10.6. The third-order valence-corrected chi connectivity index (χ3v) is 3.89. The zero-order valence-corrected chi connectivity index (χ0v) is 12.4. The van der Waals surface area contributed by atoms with Gasteiger partial charge in [0.15, 0.2) is 11.6 Å². The molecule has 0 unspecified atom stereocenters. The number of anilines is 1. The topological polar surface area (TPSA) is 24.9 Å². The van der Waals surface area contributed by atoms with Gasteiger partial charge >= 0.3 is 0 Å². The molecule has 0 amide bonds. The van der Waals surface area contributed by atoms with Crippen molar-refractivity contribution in [3.63, 3.8) is 0 Å². The first-order chi connectivity index (χ1) is 9.60. The van der Waals surface area contributed by atoms with Crippen LogP contribution >= 0.6 is 23.4 Å². The Balaban J connectivity index is 2.09. The highest BCUT2D eigenvalue weighted by Gasteiger charge is 2.07. The molecule has 2 aromatic rings. The van der Waals surface area contributed by atoms with Gasteiger partial charge < -0.3 is 5.32 Å². The first kappa shape index (κ1) is 15.1. The van der Waals surface area contributed by atoms with E-state index >= 15 is 0 Å². The average Bonchev–Trinajstić information content (AvgIpc) is 2.43. The van der Waals surface area contributed by atoms with Crippen molar-refractivity contribution < 1.29 is 8.78 Å². The van der Waals surface area contributed by atoms with E-state index in [0.717, 1.165) is 18.4 Å². The van der Waals surface area contributed by atoms with Crippen LogP contribution in [0.1, 0.15) is 12.6 Å². The summed E-state index contributed by atoms with van der Waals surface area (Å²) in [5, 5.41) is 3.66. The summed E-state index contributed by atoms with van der Waals surface area (Å²) in [5.41, 5.74) is 0.708. The molecule has 0 radical (unpaired) electrons. The monoisotopic (exact) mass is 314 g/mol. The molecule has 2 nitrogen and oxygen atoms in total. The van der Waals surface area contributed by atoms with Crippen LogP contribution in [0.25, 0.3) is 0 Å². The summed E-state index contributed by atoms with van der Waals surface area (Å²) in [6.07, 6.45) is 0. The summed E-state index contributed by atoms with van der Waals surface area (Å²) >= 11 is 7.44. The first-order valence-electron chi connectivity index (χ1n) is 6.07. The number of rotatable bonds is 5. The quantitative estimate of drug-likeness (QED) is 0.807. The maximum absolute atomic E-state index is 13.1. The zero-order chi connectivity index (χ0) is 14.5. The summed E-state index contributed by atoms with van der Waals surface area (Å²) in [6.45, 7) is 2.75. The number of halogens is 3. The largest absolute Gasteiger partial charge is 0.370 e. The molecule has 0 fully saturated rings. The Hall–Kier alpha value is -1.33. The molecular formula is C14H13ClF2N2S. The fourth-order valence-corrected chi connectivity index (χ4v) is 2.71. The summed E-state index contributed by atoms with van der Waals surface area (Å²) in [4.78, 5) is 5.02. The van der Waals surface area contributed by atoms with Crippen LogP contribution in [0, 0.1) is 11.6 Å². The second-order valence-electron chi connectivity index (χ2n) is 4.02. The predicted molar refractivity (Wildman–Crippen MR) is 79.3 cm³/mol. The molecule has 1 N–H and O–H groups in total. The van der Waals surface area contributed by atoms with Crippen LogP contribution in [-0.2, 0) is 5.75 Å². The van der Waals surface area contributed by atoms with E-state index in [2.05, 4.69) is 10.3 Å². The number of aromatic nitrogens is 1. The van der Waals surface area contributed by atoms with Crippen molar-refractivity contribution in [2.75, 3.05) is 11.9 Å². The third-order valence-electron chi connectivity index (χ3n) is 2.54. The van der Waals surface area contributed by atoms with Crippen LogP contribution in [0.4, 0.5) is 14.6 Å². The maximum Gasteiger partial charge on any atom is 0.159 e. The molecule has 1 aromatic heterocycles. The van der Waals surface area contributed by atoms with Crippen LogP contribution < -0.4 is 5.32 Å². The van der Waals surface area contributed by atoms with E-state index in [-0.39, 0.29) is 0 Å². The first-order valence-corrected chi connectivity index (χ1v) is 7.43. The van der Waals surface area contributed by atoms with Gasteiger partial charge in [-0.2, -0.15) is 0 Å². The van der Waals surface area contributed by atoms with Gasteiger partial charge in [-0.1, -0.05) is 11.6 Å². The lowest BCUT2D eigenvalue weighted by atomic mass is 10.3. The lowest BCUT2D eigenvalue weighted by molar-refractivity contribution is 0.506. The Morgan fingerprint density at radius 1 is 1.20 bits per heavy atom. The molecular weight excluding hydrogens is 302 g/mol. The van der Waals surface area contributed by atoms with E-state index in [1.54, 1.807) is 12.1 Å². The highest BCUT2D eigenvalue weighted by molar-refractivity contribution is 7.98. The molecule has 2 rings (SSSR count). The van der Waals surface area contributed by atoms with Gasteiger partial charge in [0.2, 0.25) is 0 Å². The fourth-order valence-electron chi connectivity index (χ4n) is 1.58. The molecule has 20 heavy (non-hydrogen) atoms. The van der Waals surface area contributed by atoms with Crippen LogP contribution in [0.5, 0.6) is 0 Å². The Kier molecular flexibility index (Phi) is 5.20. The summed E-state index contributed by atoms with van der Waals surface area (Å²) in [6, 6.07) is 7.39. The van der Waals surface area contributed by atoms with Crippen LogP contribution in [0.2, 0.25) is 5.02 Å². The van der Waals surface area contributed by atoms with E-state index in [4.69, 9.17) is 11.6 Å². The number of nitrogens with zero attached hydrogens (tertiary/aromatic N) is 1. The van der Waals surface area contributed by atoms with Crippen molar-refractivity contribution in [1.82, 2.24) is 4.98 Å². The maximum atomic E-state index is 13.1. The average molecular weight is 315 g/mol. The molecule has 0 saturated carbocycles. The van der Waals surface area contributed by atoms with Crippen LogP contribution in [0.3, 0.4) is 0 Å². The van der Waals surface area contributed by atoms with Gasteiger partial charge in [0.25, 0.3) is 0 Å². The van der Waals surface area contributed by atoms with Crippen molar-refractivity contribution in [2.45, 2.75) is 17.6 Å². The van der Waals surface area contributed by atoms with Crippen molar-refractivity contribution in [3.05, 3.63) is 52.7 Å². The van der Waals surface area contributed by atoms with Gasteiger partial charge in [0.05, 0.1) is 10.7 Å². The van der Waals surface area contributed by atoms with E-state index in [1.807, 2.05) is 6.92 Å². The molecule has 6 heteroatoms. The molecule has 0 aliphatic carbocycles. The van der Waals surface area contributed by atoms with Crippen molar-refractivity contribution in [3.8, 4) is 0 Å². The summed E-state index contributed by atoms with van der Waals surface area (Å²) < 4.78 is 25.9. The molecule has 0 atom stereocenters. The van der Waals surface area contributed by atoms with Gasteiger partial charge in [0, 0.05) is 17.2 Å². The van der Waals surface area contributed by atoms with E-state index in [9.17, 15) is 8.78 Å². The number of nitrogens with one attached hydrogen (secondary N) is 1. The number of hydrogen-bond acceptors (Lipinski definition) is 3. The van der Waals surface area contributed by atoms with Crippen molar-refractivity contribution in [2.24, 2.45) is 0 Å². The van der Waals surface area contributed by atoms with Gasteiger partial charge in [-0.3, -0.25) is 0 Å². The Morgan fingerprint density at radius 3 is 2.70 bits per heavy atom. The molecule has 1 heterocycles. The van der Waals surface area contributed by atoms with Crippen molar-refractivity contribution >= 4 is 29.2 Å². The molecule has 106 valence electrons. The Bertz CT molecular complexity index is 608. The predicted octanol–water partition coefficient (Wildman–Crippen LogP) is 4.74. The van der Waals surface area contributed by atoms with Gasteiger partial charge in [-0.05, 0) is 37.3 Å². The molecule has 0 aliphatic heterocycles. The minimum Gasteiger partial charge on any atom is -0.370 e. The van der Waals surface area contributed by atoms with Gasteiger partial charge in [-0.15, -0.1) is 11.8 Å². The van der Waals surface area contributed by atoms with E-state index in [0.29, 0.717) is 21.4 Å². The highest BCUT2D eigenvalue weighted by atomic mass is 35.5. The third kappa shape index (κ3) is 3.84. The Labute approximate surface area is 125 Å². The minimum absolute atomic E-state index is 0.489. The lowest BCUT2D eigenvalue weighted by Gasteiger charge is -2.08. The van der Waals surface area contributed by atoms with Crippen LogP contribution in [0.15, 0.2) is 35.2 Å². The van der Waals surface area contributed by atoms with E-state index in [1.165, 1.54) is 23.9 Å². The highest BCUT2D eigenvalue weighted by Crippen LogP contribution is 2.27. The molecule has 0 bridgehead atoms. The molecule has 0 saturated heterocycles. The molecule has 0 spiro atoms. The number of hydrogen-bond donors (Lipinski definition) is 1. The smallest absolute Gasteiger partial charge is 0.159 e. The summed E-state index contributed by atoms with van der Waals surface area (Å²) in [5.74, 6) is -0.462. The SMILES string of the molecule is CCNc1ccc(Cl)c(CSc2ccc(F)c(F)c2)n1. The number of benzene rings is 1. The number of pyridine rings is 1. The second kappa shape index (κ2) is 6.90. The molecule has 1 aromatic carbocycles.